The average Bonchev–Trinajstić information content (AvgIpc) is 3.34. The molecule has 45 heavy (non-hydrogen) atoms. The number of anilines is 2. The Kier molecular flexibility index (Phi) is 9.54. The predicted octanol–water partition coefficient (Wildman–Crippen LogP) is 5.62. The molecule has 0 spiro atoms. The van der Waals surface area contributed by atoms with Crippen LogP contribution in [0.3, 0.4) is 0 Å². The molecule has 1 aliphatic rings. The first-order chi connectivity index (χ1) is 21.7. The fraction of sp³-hybridized carbons (Fsp3) is 0.114. The molecular formula is C35H29N3O6S. The molecule has 0 radical (unpaired) electrons. The maximum Gasteiger partial charge on any atom is 0.337 e. The molecule has 0 aromatic heterocycles. The predicted molar refractivity (Wildman–Crippen MR) is 173 cm³/mol. The third kappa shape index (κ3) is 7.36. The van der Waals surface area contributed by atoms with Gasteiger partial charge < -0.3 is 15.4 Å². The number of benzene rings is 4. The van der Waals surface area contributed by atoms with Crippen molar-refractivity contribution in [3.63, 3.8) is 0 Å². The number of hydrogen-bond donors (Lipinski definition) is 2. The van der Waals surface area contributed by atoms with Gasteiger partial charge in [-0.2, -0.15) is 0 Å². The van der Waals surface area contributed by atoms with Crippen LogP contribution in [0.4, 0.5) is 11.4 Å². The van der Waals surface area contributed by atoms with Gasteiger partial charge in [0.25, 0.3) is 11.8 Å². The highest BCUT2D eigenvalue weighted by atomic mass is 32.2. The Bertz CT molecular complexity index is 1790. The van der Waals surface area contributed by atoms with E-state index in [1.165, 1.54) is 43.1 Å². The van der Waals surface area contributed by atoms with E-state index in [1.54, 1.807) is 60.7 Å². The number of amides is 4. The van der Waals surface area contributed by atoms with Gasteiger partial charge >= 0.3 is 5.97 Å². The Morgan fingerprint density at radius 3 is 2.18 bits per heavy atom. The van der Waals surface area contributed by atoms with Crippen molar-refractivity contribution in [1.29, 1.82) is 0 Å². The van der Waals surface area contributed by atoms with E-state index in [2.05, 4.69) is 10.6 Å². The van der Waals surface area contributed by atoms with Crippen LogP contribution in [-0.2, 0) is 19.1 Å². The van der Waals surface area contributed by atoms with Crippen molar-refractivity contribution < 1.29 is 28.7 Å². The Labute approximate surface area is 264 Å². The minimum absolute atomic E-state index is 0.0227. The zero-order chi connectivity index (χ0) is 31.9. The van der Waals surface area contributed by atoms with Gasteiger partial charge in [-0.05, 0) is 84.8 Å². The van der Waals surface area contributed by atoms with E-state index in [9.17, 15) is 24.0 Å². The van der Waals surface area contributed by atoms with Crippen LogP contribution in [-0.4, -0.2) is 42.0 Å². The standard InChI is InChI=1S/C35H29N3O6S/c1-22-8-6-7-11-25(22)20-29(37-32(40)23-9-4-3-5-10-23)33(41)36-26-14-18-28(19-15-26)45-30-21-31(39)38(34(30)42)27-16-12-24(13-17-27)35(43)44-2/h3-20,30H,21H2,1-2H3,(H,36,41)(H,37,40)/b29-20-. The number of aryl methyl sites for hydroxylation is 1. The molecule has 4 aromatic rings. The van der Waals surface area contributed by atoms with E-state index in [4.69, 9.17) is 4.74 Å². The molecule has 4 amide bonds. The van der Waals surface area contributed by atoms with Crippen LogP contribution in [0.15, 0.2) is 114 Å². The van der Waals surface area contributed by atoms with E-state index >= 15 is 0 Å². The van der Waals surface area contributed by atoms with Crippen LogP contribution < -0.4 is 15.5 Å². The molecule has 1 unspecified atom stereocenters. The average molecular weight is 620 g/mol. The molecule has 9 nitrogen and oxygen atoms in total. The number of carbonyl (C=O) groups excluding carboxylic acids is 5. The molecular weight excluding hydrogens is 590 g/mol. The first kappa shape index (κ1) is 31.0. The number of imide groups is 1. The molecule has 1 heterocycles. The number of carbonyl (C=O) groups is 5. The van der Waals surface area contributed by atoms with Crippen molar-refractivity contribution >= 4 is 58.8 Å². The van der Waals surface area contributed by atoms with Crippen molar-refractivity contribution in [2.24, 2.45) is 0 Å². The van der Waals surface area contributed by atoms with Gasteiger partial charge in [0, 0.05) is 22.6 Å². The molecule has 5 rings (SSSR count). The number of esters is 1. The normalized spacial score (nSPS) is 14.7. The quantitative estimate of drug-likeness (QED) is 0.142. The van der Waals surface area contributed by atoms with Gasteiger partial charge in [0.15, 0.2) is 0 Å². The van der Waals surface area contributed by atoms with E-state index in [1.807, 2.05) is 31.2 Å². The Morgan fingerprint density at radius 2 is 1.51 bits per heavy atom. The van der Waals surface area contributed by atoms with Gasteiger partial charge in [-0.15, -0.1) is 11.8 Å². The lowest BCUT2D eigenvalue weighted by Crippen LogP contribution is -2.31. The summed E-state index contributed by atoms with van der Waals surface area (Å²) >= 11 is 1.25. The summed E-state index contributed by atoms with van der Waals surface area (Å²) in [6.45, 7) is 1.92. The number of rotatable bonds is 9. The number of nitrogens with zero attached hydrogens (tertiary/aromatic N) is 1. The molecule has 1 atom stereocenters. The smallest absolute Gasteiger partial charge is 0.337 e. The lowest BCUT2D eigenvalue weighted by Gasteiger charge is -2.15. The third-order valence-corrected chi connectivity index (χ3v) is 8.26. The molecule has 0 saturated carbocycles. The Morgan fingerprint density at radius 1 is 0.844 bits per heavy atom. The summed E-state index contributed by atoms with van der Waals surface area (Å²) in [5, 5.41) is 4.93. The highest BCUT2D eigenvalue weighted by Crippen LogP contribution is 2.34. The van der Waals surface area contributed by atoms with Crippen molar-refractivity contribution in [2.45, 2.75) is 23.5 Å². The van der Waals surface area contributed by atoms with E-state index in [0.717, 1.165) is 20.9 Å². The summed E-state index contributed by atoms with van der Waals surface area (Å²) < 4.78 is 4.70. The second-order valence-corrected chi connectivity index (χ2v) is 11.4. The lowest BCUT2D eigenvalue weighted by atomic mass is 10.1. The molecule has 4 aromatic carbocycles. The van der Waals surface area contributed by atoms with Gasteiger partial charge in [-0.25, -0.2) is 9.69 Å². The molecule has 10 heteroatoms. The van der Waals surface area contributed by atoms with Gasteiger partial charge in [-0.1, -0.05) is 42.5 Å². The third-order valence-electron chi connectivity index (χ3n) is 7.06. The Hall–Kier alpha value is -5.48. The lowest BCUT2D eigenvalue weighted by molar-refractivity contribution is -0.121. The van der Waals surface area contributed by atoms with Crippen LogP contribution >= 0.6 is 11.8 Å². The maximum absolute atomic E-state index is 13.4. The highest BCUT2D eigenvalue weighted by Gasteiger charge is 2.40. The first-order valence-electron chi connectivity index (χ1n) is 14.0. The van der Waals surface area contributed by atoms with E-state index < -0.39 is 23.0 Å². The number of thioether (sulfide) groups is 1. The number of hydrogen-bond acceptors (Lipinski definition) is 7. The van der Waals surface area contributed by atoms with Crippen LogP contribution in [0, 0.1) is 6.92 Å². The monoisotopic (exact) mass is 619 g/mol. The molecule has 2 N–H and O–H groups in total. The second kappa shape index (κ2) is 13.9. The summed E-state index contributed by atoms with van der Waals surface area (Å²) in [6.07, 6.45) is 1.65. The molecule has 0 aliphatic carbocycles. The fourth-order valence-corrected chi connectivity index (χ4v) is 5.71. The number of nitrogens with one attached hydrogen (secondary N) is 2. The summed E-state index contributed by atoms with van der Waals surface area (Å²) in [5.74, 6) is -2.12. The highest BCUT2D eigenvalue weighted by molar-refractivity contribution is 8.00. The van der Waals surface area contributed by atoms with Crippen molar-refractivity contribution in [3.05, 3.63) is 131 Å². The second-order valence-electron chi connectivity index (χ2n) is 10.1. The Balaban J connectivity index is 1.26. The largest absolute Gasteiger partial charge is 0.465 e. The van der Waals surface area contributed by atoms with E-state index in [0.29, 0.717) is 22.5 Å². The van der Waals surface area contributed by atoms with Gasteiger partial charge in [-0.3, -0.25) is 19.2 Å². The minimum atomic E-state index is -0.630. The minimum Gasteiger partial charge on any atom is -0.465 e. The molecule has 0 bridgehead atoms. The van der Waals surface area contributed by atoms with Gasteiger partial charge in [0.1, 0.15) is 5.70 Å². The summed E-state index contributed by atoms with van der Waals surface area (Å²) in [6, 6.07) is 29.1. The number of ether oxygens (including phenoxy) is 1. The molecule has 1 saturated heterocycles. The molecule has 1 aliphatic heterocycles. The van der Waals surface area contributed by atoms with E-state index in [-0.39, 0.29) is 23.9 Å². The van der Waals surface area contributed by atoms with Gasteiger partial charge in [0.05, 0.1) is 23.6 Å². The van der Waals surface area contributed by atoms with Crippen LogP contribution in [0.1, 0.15) is 38.3 Å². The van der Waals surface area contributed by atoms with Crippen molar-refractivity contribution in [3.8, 4) is 0 Å². The zero-order valence-electron chi connectivity index (χ0n) is 24.5. The van der Waals surface area contributed by atoms with Crippen LogP contribution in [0.25, 0.3) is 6.08 Å². The summed E-state index contributed by atoms with van der Waals surface area (Å²) in [5.41, 5.74) is 3.39. The zero-order valence-corrected chi connectivity index (χ0v) is 25.3. The summed E-state index contributed by atoms with van der Waals surface area (Å²) in [4.78, 5) is 65.7. The van der Waals surface area contributed by atoms with Crippen molar-refractivity contribution in [1.82, 2.24) is 5.32 Å². The van der Waals surface area contributed by atoms with Crippen LogP contribution in [0.5, 0.6) is 0 Å². The summed E-state index contributed by atoms with van der Waals surface area (Å²) in [7, 11) is 1.28. The fourth-order valence-electron chi connectivity index (χ4n) is 4.66. The molecule has 1 fully saturated rings. The van der Waals surface area contributed by atoms with Gasteiger partial charge in [0.2, 0.25) is 11.8 Å². The van der Waals surface area contributed by atoms with Crippen LogP contribution in [0.2, 0.25) is 0 Å². The first-order valence-corrected chi connectivity index (χ1v) is 14.9. The SMILES string of the molecule is COC(=O)c1ccc(N2C(=O)CC(Sc3ccc(NC(=O)/C(=C/c4ccccc4C)NC(=O)c4ccccc4)cc3)C2=O)cc1. The maximum atomic E-state index is 13.4. The van der Waals surface area contributed by atoms with Crippen molar-refractivity contribution in [2.75, 3.05) is 17.3 Å². The molecule has 226 valence electrons. The topological polar surface area (TPSA) is 122 Å². The number of methoxy groups -OCH3 is 1.